The molecule has 2 saturated heterocycles. The highest BCUT2D eigenvalue weighted by molar-refractivity contribution is 5.64. The molecule has 4 rings (SSSR count). The molecular formula is C15H19N5. The van der Waals surface area contributed by atoms with Crippen LogP contribution in [0.15, 0.2) is 24.7 Å². The van der Waals surface area contributed by atoms with Crippen LogP contribution in [0.4, 0.5) is 5.69 Å². The lowest BCUT2D eigenvalue weighted by Gasteiger charge is -2.24. The van der Waals surface area contributed by atoms with Crippen molar-refractivity contribution in [2.75, 3.05) is 4.90 Å². The Hall–Kier alpha value is -1.91. The molecule has 0 atom stereocenters. The zero-order valence-corrected chi connectivity index (χ0v) is 11.7. The predicted molar refractivity (Wildman–Crippen MR) is 77.5 cm³/mol. The van der Waals surface area contributed by atoms with Gasteiger partial charge in [-0.3, -0.25) is 9.67 Å². The molecule has 0 aromatic carbocycles. The highest BCUT2D eigenvalue weighted by atomic mass is 15.4. The fourth-order valence-corrected chi connectivity index (χ4v) is 3.63. The van der Waals surface area contributed by atoms with E-state index in [0.29, 0.717) is 0 Å². The second kappa shape index (κ2) is 4.58. The van der Waals surface area contributed by atoms with E-state index in [9.17, 15) is 0 Å². The largest absolute Gasteiger partial charge is 0.364 e. The van der Waals surface area contributed by atoms with Gasteiger partial charge in [-0.25, -0.2) is 0 Å². The van der Waals surface area contributed by atoms with Crippen LogP contribution in [0.5, 0.6) is 0 Å². The minimum Gasteiger partial charge on any atom is -0.364 e. The number of pyridine rings is 1. The molecule has 20 heavy (non-hydrogen) atoms. The molecule has 0 radical (unpaired) electrons. The summed E-state index contributed by atoms with van der Waals surface area (Å²) >= 11 is 0. The minimum absolute atomic E-state index is 0.725. The Morgan fingerprint density at radius 1 is 1.15 bits per heavy atom. The van der Waals surface area contributed by atoms with Crippen molar-refractivity contribution in [3.63, 3.8) is 0 Å². The Morgan fingerprint density at radius 2 is 1.90 bits per heavy atom. The van der Waals surface area contributed by atoms with Crippen molar-refractivity contribution < 1.29 is 0 Å². The molecule has 2 aliphatic rings. The number of nitrogens with zero attached hydrogens (tertiary/aromatic N) is 5. The molecule has 0 unspecified atom stereocenters. The minimum atomic E-state index is 0.725. The van der Waals surface area contributed by atoms with Gasteiger partial charge in [-0.05, 0) is 38.7 Å². The number of aromatic nitrogens is 4. The number of anilines is 1. The summed E-state index contributed by atoms with van der Waals surface area (Å²) in [6, 6.07) is 3.67. The van der Waals surface area contributed by atoms with Crippen LogP contribution in [0.3, 0.4) is 0 Å². The summed E-state index contributed by atoms with van der Waals surface area (Å²) in [5, 5.41) is 8.34. The average Bonchev–Trinajstić information content (AvgIpc) is 3.22. The zero-order chi connectivity index (χ0) is 13.5. The van der Waals surface area contributed by atoms with Crippen molar-refractivity contribution >= 4 is 5.69 Å². The normalized spacial score (nSPS) is 24.6. The highest BCUT2D eigenvalue weighted by Gasteiger charge is 2.39. The monoisotopic (exact) mass is 269 g/mol. The van der Waals surface area contributed by atoms with Crippen molar-refractivity contribution in [2.45, 2.75) is 51.2 Å². The van der Waals surface area contributed by atoms with E-state index in [0.717, 1.165) is 29.9 Å². The lowest BCUT2D eigenvalue weighted by Crippen LogP contribution is -2.28. The first-order valence-corrected chi connectivity index (χ1v) is 7.49. The van der Waals surface area contributed by atoms with Crippen molar-refractivity contribution in [3.05, 3.63) is 24.7 Å². The van der Waals surface area contributed by atoms with Crippen molar-refractivity contribution in [2.24, 2.45) is 0 Å². The smallest absolute Gasteiger partial charge is 0.114 e. The molecule has 0 N–H and O–H groups in total. The fourth-order valence-electron chi connectivity index (χ4n) is 3.63. The van der Waals surface area contributed by atoms with Crippen LogP contribution < -0.4 is 4.90 Å². The van der Waals surface area contributed by atoms with Gasteiger partial charge in [0.1, 0.15) is 5.69 Å². The van der Waals surface area contributed by atoms with Gasteiger partial charge in [0.2, 0.25) is 0 Å². The second-order valence-electron chi connectivity index (χ2n) is 5.76. The van der Waals surface area contributed by atoms with Crippen molar-refractivity contribution in [3.8, 4) is 11.3 Å². The van der Waals surface area contributed by atoms with E-state index in [1.807, 2.05) is 23.3 Å². The first kappa shape index (κ1) is 11.9. The molecular weight excluding hydrogens is 250 g/mol. The first-order valence-electron chi connectivity index (χ1n) is 7.49. The molecule has 0 spiro atoms. The molecule has 2 aromatic heterocycles. The topological polar surface area (TPSA) is 46.8 Å². The molecule has 2 aliphatic heterocycles. The third kappa shape index (κ3) is 1.80. The molecule has 2 bridgehead atoms. The van der Waals surface area contributed by atoms with Crippen LogP contribution in [0.1, 0.15) is 32.6 Å². The summed E-state index contributed by atoms with van der Waals surface area (Å²) in [5.41, 5.74) is 3.22. The number of rotatable bonds is 3. The Morgan fingerprint density at radius 3 is 2.55 bits per heavy atom. The van der Waals surface area contributed by atoms with Gasteiger partial charge in [0, 0.05) is 30.4 Å². The highest BCUT2D eigenvalue weighted by Crippen LogP contribution is 2.41. The molecule has 2 fully saturated rings. The number of fused-ring (bicyclic) bond motifs is 2. The summed E-state index contributed by atoms with van der Waals surface area (Å²) in [7, 11) is 0. The second-order valence-corrected chi connectivity index (χ2v) is 5.76. The van der Waals surface area contributed by atoms with Gasteiger partial charge in [-0.2, -0.15) is 0 Å². The van der Waals surface area contributed by atoms with Gasteiger partial charge >= 0.3 is 0 Å². The van der Waals surface area contributed by atoms with Crippen LogP contribution in [-0.2, 0) is 6.54 Å². The summed E-state index contributed by atoms with van der Waals surface area (Å²) in [5.74, 6) is 0. The Kier molecular flexibility index (Phi) is 2.72. The molecule has 104 valence electrons. The molecule has 0 saturated carbocycles. The molecule has 4 heterocycles. The van der Waals surface area contributed by atoms with Crippen LogP contribution in [0.2, 0.25) is 0 Å². The average molecular weight is 269 g/mol. The van der Waals surface area contributed by atoms with Gasteiger partial charge in [0.15, 0.2) is 0 Å². The van der Waals surface area contributed by atoms with Crippen LogP contribution in [-0.4, -0.2) is 32.1 Å². The van der Waals surface area contributed by atoms with E-state index in [1.54, 1.807) is 0 Å². The Balaban J connectivity index is 1.68. The molecule has 0 aliphatic carbocycles. The Bertz CT molecular complexity index is 600. The van der Waals surface area contributed by atoms with Crippen molar-refractivity contribution in [1.82, 2.24) is 20.0 Å². The first-order chi connectivity index (χ1) is 9.85. The quantitative estimate of drug-likeness (QED) is 0.859. The van der Waals surface area contributed by atoms with Gasteiger partial charge in [-0.1, -0.05) is 5.21 Å². The molecule has 5 heteroatoms. The molecule has 0 amide bonds. The summed E-state index contributed by atoms with van der Waals surface area (Å²) in [6.45, 7) is 2.91. The third-order valence-electron chi connectivity index (χ3n) is 4.63. The lowest BCUT2D eigenvalue weighted by molar-refractivity contribution is 0.576. The van der Waals surface area contributed by atoms with Gasteiger partial charge in [0.05, 0.1) is 18.1 Å². The lowest BCUT2D eigenvalue weighted by atomic mass is 10.0. The summed E-state index contributed by atoms with van der Waals surface area (Å²) in [4.78, 5) is 6.99. The molecule has 5 nitrogen and oxygen atoms in total. The van der Waals surface area contributed by atoms with E-state index >= 15 is 0 Å². The van der Waals surface area contributed by atoms with E-state index in [-0.39, 0.29) is 0 Å². The van der Waals surface area contributed by atoms with Crippen LogP contribution in [0, 0.1) is 0 Å². The summed E-state index contributed by atoms with van der Waals surface area (Å²) in [6.07, 6.45) is 11.2. The number of hydrogen-bond donors (Lipinski definition) is 0. The number of aryl methyl sites for hydroxylation is 1. The maximum Gasteiger partial charge on any atom is 0.114 e. The van der Waals surface area contributed by atoms with Crippen LogP contribution in [0.25, 0.3) is 11.3 Å². The standard InChI is InChI=1S/C15H19N5/c1-2-19-10-15(17-18-19)11-7-14(9-16-8-11)20-12-3-4-13(20)6-5-12/h7-10,12-13H,2-6H2,1H3. The van der Waals surface area contributed by atoms with E-state index in [2.05, 4.69) is 33.2 Å². The maximum atomic E-state index is 4.42. The van der Waals surface area contributed by atoms with Gasteiger partial charge in [0.25, 0.3) is 0 Å². The zero-order valence-electron chi connectivity index (χ0n) is 11.7. The van der Waals surface area contributed by atoms with E-state index < -0.39 is 0 Å². The van der Waals surface area contributed by atoms with Gasteiger partial charge in [-0.15, -0.1) is 5.10 Å². The third-order valence-corrected chi connectivity index (χ3v) is 4.63. The molecule has 2 aromatic rings. The van der Waals surface area contributed by atoms with Crippen LogP contribution >= 0.6 is 0 Å². The van der Waals surface area contributed by atoms with Gasteiger partial charge < -0.3 is 4.90 Å². The maximum absolute atomic E-state index is 4.42. The van der Waals surface area contributed by atoms with E-state index in [1.165, 1.54) is 31.4 Å². The number of hydrogen-bond acceptors (Lipinski definition) is 4. The summed E-state index contributed by atoms with van der Waals surface area (Å²) < 4.78 is 1.85. The predicted octanol–water partition coefficient (Wildman–Crippen LogP) is 2.49. The van der Waals surface area contributed by atoms with Crippen molar-refractivity contribution in [1.29, 1.82) is 0 Å². The Labute approximate surface area is 118 Å². The fraction of sp³-hybridized carbons (Fsp3) is 0.533. The SMILES string of the molecule is CCn1cc(-c2cncc(N3C4CCC3CC4)c2)nn1. The van der Waals surface area contributed by atoms with E-state index in [4.69, 9.17) is 0 Å².